The second-order valence-electron chi connectivity index (χ2n) is 9.95. The van der Waals surface area contributed by atoms with Gasteiger partial charge in [-0.15, -0.1) is 0 Å². The molecule has 0 amide bonds. The fourth-order valence-electron chi connectivity index (χ4n) is 6.67. The normalized spacial score (nSPS) is 42.5. The van der Waals surface area contributed by atoms with Gasteiger partial charge in [-0.25, -0.2) is 0 Å². The molecule has 0 aromatic heterocycles. The number of aliphatic hydroxyl groups excluding tert-OH is 1. The van der Waals surface area contributed by atoms with Crippen molar-refractivity contribution in [3.63, 3.8) is 0 Å². The topological polar surface area (TPSA) is 20.2 Å². The van der Waals surface area contributed by atoms with Crippen LogP contribution in [0, 0.1) is 35.5 Å². The lowest BCUT2D eigenvalue weighted by Crippen LogP contribution is -2.36. The summed E-state index contributed by atoms with van der Waals surface area (Å²) in [5, 5.41) is 10.8. The van der Waals surface area contributed by atoms with Gasteiger partial charge in [0.15, 0.2) is 0 Å². The van der Waals surface area contributed by atoms with Gasteiger partial charge >= 0.3 is 0 Å². The molecule has 1 N–H and O–H groups in total. The largest absolute Gasteiger partial charge is 0.392 e. The van der Waals surface area contributed by atoms with E-state index in [0.717, 1.165) is 36.0 Å². The highest BCUT2D eigenvalue weighted by Gasteiger charge is 2.37. The molecule has 3 saturated carbocycles. The zero-order valence-electron chi connectivity index (χ0n) is 16.9. The van der Waals surface area contributed by atoms with Crippen LogP contribution in [0.4, 0.5) is 0 Å². The maximum atomic E-state index is 10.8. The molecule has 1 nitrogen and oxygen atoms in total. The summed E-state index contributed by atoms with van der Waals surface area (Å²) in [6, 6.07) is 0. The predicted molar refractivity (Wildman–Crippen MR) is 110 cm³/mol. The Kier molecular flexibility index (Phi) is 6.24. The fraction of sp³-hybridized carbons (Fsp3) is 0.840. The molecule has 0 aromatic rings. The Hall–Kier alpha value is -0.560. The summed E-state index contributed by atoms with van der Waals surface area (Å²) in [6.45, 7) is 2.16. The van der Waals surface area contributed by atoms with E-state index in [1.807, 2.05) is 0 Å². The standard InChI is InChI=1S/C25H40O/c1-2-4-18-7-9-20(10-8-18)21-11-13-22(14-12-21)24-16-15-23(17-25(24)26)19-5-3-6-19/h2,4,13,18-21,23-26H,3,5-12,14-17H2,1H3/b4-2+. The van der Waals surface area contributed by atoms with Crippen molar-refractivity contribution in [2.75, 3.05) is 0 Å². The zero-order chi connectivity index (χ0) is 17.9. The van der Waals surface area contributed by atoms with Crippen molar-refractivity contribution < 1.29 is 5.11 Å². The fourth-order valence-corrected chi connectivity index (χ4v) is 6.67. The molecule has 4 rings (SSSR count). The van der Waals surface area contributed by atoms with Gasteiger partial charge in [0.2, 0.25) is 0 Å². The highest BCUT2D eigenvalue weighted by molar-refractivity contribution is 5.14. The van der Waals surface area contributed by atoms with Crippen molar-refractivity contribution in [2.24, 2.45) is 35.5 Å². The van der Waals surface area contributed by atoms with Crippen LogP contribution in [0.25, 0.3) is 0 Å². The van der Waals surface area contributed by atoms with Gasteiger partial charge in [0.1, 0.15) is 0 Å². The highest BCUT2D eigenvalue weighted by atomic mass is 16.3. The molecule has 1 heteroatoms. The minimum Gasteiger partial charge on any atom is -0.392 e. The van der Waals surface area contributed by atoms with Crippen molar-refractivity contribution in [2.45, 2.75) is 96.5 Å². The third-order valence-corrected chi connectivity index (χ3v) is 8.58. The molecule has 4 unspecified atom stereocenters. The first kappa shape index (κ1) is 18.8. The minimum absolute atomic E-state index is 0.0478. The summed E-state index contributed by atoms with van der Waals surface area (Å²) in [4.78, 5) is 0. The first-order chi connectivity index (χ1) is 12.7. The van der Waals surface area contributed by atoms with Crippen LogP contribution in [0.2, 0.25) is 0 Å². The quantitative estimate of drug-likeness (QED) is 0.557. The van der Waals surface area contributed by atoms with Gasteiger partial charge in [0.05, 0.1) is 6.10 Å². The van der Waals surface area contributed by atoms with Gasteiger partial charge in [-0.1, -0.05) is 43.1 Å². The molecule has 0 radical (unpaired) electrons. The van der Waals surface area contributed by atoms with E-state index < -0.39 is 0 Å². The van der Waals surface area contributed by atoms with E-state index in [-0.39, 0.29) is 6.10 Å². The summed E-state index contributed by atoms with van der Waals surface area (Å²) in [5.41, 5.74) is 1.63. The van der Waals surface area contributed by atoms with Crippen molar-refractivity contribution in [3.05, 3.63) is 23.8 Å². The smallest absolute Gasteiger partial charge is 0.0608 e. The second kappa shape index (κ2) is 8.63. The molecule has 0 bridgehead atoms. The molecule has 4 aliphatic carbocycles. The van der Waals surface area contributed by atoms with Gasteiger partial charge < -0.3 is 5.11 Å². The molecule has 4 atom stereocenters. The Balaban J connectivity index is 1.26. The van der Waals surface area contributed by atoms with E-state index in [0.29, 0.717) is 5.92 Å². The summed E-state index contributed by atoms with van der Waals surface area (Å²) in [6.07, 6.45) is 24.9. The van der Waals surface area contributed by atoms with Crippen LogP contribution in [-0.4, -0.2) is 11.2 Å². The SMILES string of the molecule is C/C=C/C1CCC(C2CC=C(C3CCC(C4CCC4)CC3O)CC2)CC1. The summed E-state index contributed by atoms with van der Waals surface area (Å²) in [7, 11) is 0. The third kappa shape index (κ3) is 4.13. The Morgan fingerprint density at radius 1 is 0.846 bits per heavy atom. The number of hydrogen-bond acceptors (Lipinski definition) is 1. The van der Waals surface area contributed by atoms with Crippen molar-refractivity contribution in [1.29, 1.82) is 0 Å². The zero-order valence-corrected chi connectivity index (χ0v) is 16.9. The number of allylic oxidation sites excluding steroid dienone is 3. The molecule has 0 heterocycles. The first-order valence-corrected chi connectivity index (χ1v) is 11.7. The summed E-state index contributed by atoms with van der Waals surface area (Å²) >= 11 is 0. The van der Waals surface area contributed by atoms with Crippen LogP contribution in [0.1, 0.15) is 90.4 Å². The second-order valence-corrected chi connectivity index (χ2v) is 9.95. The highest BCUT2D eigenvalue weighted by Crippen LogP contribution is 2.46. The van der Waals surface area contributed by atoms with Gasteiger partial charge in [-0.2, -0.15) is 0 Å². The molecule has 146 valence electrons. The Morgan fingerprint density at radius 2 is 1.58 bits per heavy atom. The van der Waals surface area contributed by atoms with Crippen LogP contribution in [-0.2, 0) is 0 Å². The Bertz CT molecular complexity index is 506. The Morgan fingerprint density at radius 3 is 2.15 bits per heavy atom. The molecule has 0 saturated heterocycles. The van der Waals surface area contributed by atoms with Crippen LogP contribution in [0.3, 0.4) is 0 Å². The molecule has 0 spiro atoms. The average molecular weight is 357 g/mol. The monoisotopic (exact) mass is 356 g/mol. The van der Waals surface area contributed by atoms with Crippen LogP contribution < -0.4 is 0 Å². The van der Waals surface area contributed by atoms with Crippen molar-refractivity contribution in [1.82, 2.24) is 0 Å². The van der Waals surface area contributed by atoms with Crippen LogP contribution in [0.15, 0.2) is 23.8 Å². The van der Waals surface area contributed by atoms with Crippen LogP contribution in [0.5, 0.6) is 0 Å². The molecule has 3 fully saturated rings. The van der Waals surface area contributed by atoms with Crippen molar-refractivity contribution >= 4 is 0 Å². The van der Waals surface area contributed by atoms with E-state index in [1.165, 1.54) is 77.0 Å². The molecule has 26 heavy (non-hydrogen) atoms. The van der Waals surface area contributed by atoms with E-state index in [2.05, 4.69) is 25.2 Å². The Labute approximate surface area is 161 Å². The molecule has 4 aliphatic rings. The number of rotatable bonds is 4. The average Bonchev–Trinajstić information content (AvgIpc) is 2.62. The van der Waals surface area contributed by atoms with Gasteiger partial charge in [0.25, 0.3) is 0 Å². The lowest BCUT2D eigenvalue weighted by atomic mass is 9.64. The minimum atomic E-state index is -0.0478. The maximum Gasteiger partial charge on any atom is 0.0608 e. The molecular weight excluding hydrogens is 316 g/mol. The van der Waals surface area contributed by atoms with Crippen LogP contribution >= 0.6 is 0 Å². The summed E-state index contributed by atoms with van der Waals surface area (Å²) in [5.74, 6) is 5.03. The van der Waals surface area contributed by atoms with Gasteiger partial charge in [-0.3, -0.25) is 0 Å². The van der Waals surface area contributed by atoms with E-state index in [1.54, 1.807) is 5.57 Å². The van der Waals surface area contributed by atoms with E-state index in [9.17, 15) is 5.11 Å². The predicted octanol–water partition coefficient (Wildman–Crippen LogP) is 6.67. The number of hydrogen-bond donors (Lipinski definition) is 1. The molecule has 0 aromatic carbocycles. The lowest BCUT2D eigenvalue weighted by Gasteiger charge is -2.42. The molecular formula is C25H40O. The number of aliphatic hydroxyl groups is 1. The van der Waals surface area contributed by atoms with Gasteiger partial charge in [0, 0.05) is 5.92 Å². The van der Waals surface area contributed by atoms with E-state index >= 15 is 0 Å². The first-order valence-electron chi connectivity index (χ1n) is 11.7. The van der Waals surface area contributed by atoms with E-state index in [4.69, 9.17) is 0 Å². The lowest BCUT2D eigenvalue weighted by molar-refractivity contribution is 0.0252. The summed E-state index contributed by atoms with van der Waals surface area (Å²) < 4.78 is 0. The maximum absolute atomic E-state index is 10.8. The van der Waals surface area contributed by atoms with Gasteiger partial charge in [-0.05, 0) is 101 Å². The van der Waals surface area contributed by atoms with Crippen molar-refractivity contribution in [3.8, 4) is 0 Å². The third-order valence-electron chi connectivity index (χ3n) is 8.58. The molecule has 0 aliphatic heterocycles.